The number of aliphatic imine (C=N–C) groups is 1. The van der Waals surface area contributed by atoms with Crippen molar-refractivity contribution in [2.75, 3.05) is 45.9 Å². The van der Waals surface area contributed by atoms with Crippen LogP contribution in [0.1, 0.15) is 44.1 Å². The van der Waals surface area contributed by atoms with Gasteiger partial charge in [-0.15, -0.1) is 0 Å². The molecule has 2 amide bonds. The molecule has 1 saturated heterocycles. The number of rotatable bonds is 10. The van der Waals surface area contributed by atoms with Gasteiger partial charge in [-0.25, -0.2) is 9.79 Å². The molecule has 0 bridgehead atoms. The summed E-state index contributed by atoms with van der Waals surface area (Å²) in [6, 6.07) is 12.7. The first-order valence-corrected chi connectivity index (χ1v) is 14.9. The number of ether oxygens (including phenoxy) is 2. The molecule has 1 aliphatic rings. The largest absolute Gasteiger partial charge is 0.492 e. The highest BCUT2D eigenvalue weighted by Gasteiger charge is 2.26. The molecular weight excluding hydrogens is 564 g/mol. The second kappa shape index (κ2) is 15.2. The van der Waals surface area contributed by atoms with Gasteiger partial charge in [-0.3, -0.25) is 14.6 Å². The number of amidine groups is 1. The predicted molar refractivity (Wildman–Crippen MR) is 164 cm³/mol. The Balaban J connectivity index is 1.56. The minimum Gasteiger partial charge on any atom is -0.492 e. The number of carbonyl (C=O) groups is 3. The zero-order valence-corrected chi connectivity index (χ0v) is 25.9. The van der Waals surface area contributed by atoms with E-state index in [1.54, 1.807) is 23.1 Å². The standard InChI is InChI=1S/C30H39ClN4O5S/c1-6-34(21-37)28(32-26-12-9-24(31)19-22(26)2)41-27(20-36)23-7-10-25(11-8-23)39-18-17-33-13-15-35(16-14-33)29(38)40-30(3,4)5/h7-12,19-21,27H,6,13-18H2,1-5H3. The van der Waals surface area contributed by atoms with Gasteiger partial charge in [0, 0.05) is 44.3 Å². The van der Waals surface area contributed by atoms with Crippen molar-refractivity contribution in [3.63, 3.8) is 0 Å². The number of halogens is 1. The highest BCUT2D eigenvalue weighted by atomic mass is 35.5. The normalized spacial score (nSPS) is 15.3. The van der Waals surface area contributed by atoms with Crippen LogP contribution in [0.5, 0.6) is 5.75 Å². The van der Waals surface area contributed by atoms with Crippen LogP contribution in [0.4, 0.5) is 10.5 Å². The molecule has 0 spiro atoms. The molecule has 9 nitrogen and oxygen atoms in total. The Labute approximate surface area is 251 Å². The van der Waals surface area contributed by atoms with Crippen LogP contribution in [0.2, 0.25) is 5.02 Å². The maximum absolute atomic E-state index is 12.3. The molecule has 1 unspecified atom stereocenters. The Hall–Kier alpha value is -3.08. The number of carbonyl (C=O) groups excluding carboxylic acids is 3. The Kier molecular flexibility index (Phi) is 12.1. The number of thioether (sulfide) groups is 1. The van der Waals surface area contributed by atoms with E-state index < -0.39 is 10.9 Å². The second-order valence-electron chi connectivity index (χ2n) is 10.6. The number of aryl methyl sites for hydroxylation is 1. The molecule has 0 saturated carbocycles. The lowest BCUT2D eigenvalue weighted by Gasteiger charge is -2.35. The van der Waals surface area contributed by atoms with Crippen LogP contribution < -0.4 is 4.74 Å². The van der Waals surface area contributed by atoms with Crippen molar-refractivity contribution < 1.29 is 23.9 Å². The molecule has 3 rings (SSSR count). The van der Waals surface area contributed by atoms with Crippen molar-refractivity contribution in [2.24, 2.45) is 4.99 Å². The number of amides is 2. The average molecular weight is 603 g/mol. The highest BCUT2D eigenvalue weighted by molar-refractivity contribution is 8.14. The van der Waals surface area contributed by atoms with Gasteiger partial charge in [0.25, 0.3) is 0 Å². The molecule has 222 valence electrons. The molecule has 2 aromatic carbocycles. The lowest BCUT2D eigenvalue weighted by molar-refractivity contribution is -0.114. The van der Waals surface area contributed by atoms with Gasteiger partial charge in [0.1, 0.15) is 24.2 Å². The number of hydrogen-bond acceptors (Lipinski definition) is 8. The number of nitrogens with zero attached hydrogens (tertiary/aromatic N) is 4. The summed E-state index contributed by atoms with van der Waals surface area (Å²) in [5, 5.41) is 0.468. The average Bonchev–Trinajstić information content (AvgIpc) is 2.93. The van der Waals surface area contributed by atoms with Gasteiger partial charge in [-0.1, -0.05) is 35.5 Å². The molecule has 11 heteroatoms. The summed E-state index contributed by atoms with van der Waals surface area (Å²) in [5.74, 6) is 0.699. The summed E-state index contributed by atoms with van der Waals surface area (Å²) in [6.45, 7) is 13.8. The third-order valence-electron chi connectivity index (χ3n) is 6.35. The van der Waals surface area contributed by atoms with Crippen molar-refractivity contribution in [3.05, 3.63) is 58.6 Å². The van der Waals surface area contributed by atoms with Crippen LogP contribution in [-0.2, 0) is 14.3 Å². The molecule has 41 heavy (non-hydrogen) atoms. The number of aldehydes is 1. The van der Waals surface area contributed by atoms with E-state index >= 15 is 0 Å². The third-order valence-corrected chi connectivity index (χ3v) is 7.76. The molecule has 0 radical (unpaired) electrons. The molecule has 0 N–H and O–H groups in total. The van der Waals surface area contributed by atoms with Gasteiger partial charge >= 0.3 is 6.09 Å². The van der Waals surface area contributed by atoms with Crippen LogP contribution in [0.15, 0.2) is 47.5 Å². The Morgan fingerprint density at radius 1 is 1.12 bits per heavy atom. The van der Waals surface area contributed by atoms with E-state index in [-0.39, 0.29) is 6.09 Å². The van der Waals surface area contributed by atoms with E-state index in [4.69, 9.17) is 21.1 Å². The predicted octanol–water partition coefficient (Wildman–Crippen LogP) is 5.72. The van der Waals surface area contributed by atoms with Crippen molar-refractivity contribution in [3.8, 4) is 5.75 Å². The molecule has 0 aromatic heterocycles. The van der Waals surface area contributed by atoms with Gasteiger partial charge in [0.2, 0.25) is 6.41 Å². The quantitative estimate of drug-likeness (QED) is 0.195. The first-order chi connectivity index (χ1) is 19.5. The molecular formula is C30H39ClN4O5S. The Morgan fingerprint density at radius 2 is 1.80 bits per heavy atom. The fourth-order valence-electron chi connectivity index (χ4n) is 4.08. The molecule has 1 fully saturated rings. The van der Waals surface area contributed by atoms with E-state index in [9.17, 15) is 14.4 Å². The van der Waals surface area contributed by atoms with Crippen molar-refractivity contribution >= 4 is 53.0 Å². The van der Waals surface area contributed by atoms with Gasteiger partial charge in [-0.2, -0.15) is 0 Å². The first-order valence-electron chi connectivity index (χ1n) is 13.6. The maximum Gasteiger partial charge on any atom is 0.410 e. The van der Waals surface area contributed by atoms with Crippen LogP contribution >= 0.6 is 23.4 Å². The summed E-state index contributed by atoms with van der Waals surface area (Å²) in [5.41, 5.74) is 1.82. The fourth-order valence-corrected chi connectivity index (χ4v) is 5.34. The summed E-state index contributed by atoms with van der Waals surface area (Å²) >= 11 is 7.29. The van der Waals surface area contributed by atoms with E-state index in [1.165, 1.54) is 16.7 Å². The van der Waals surface area contributed by atoms with E-state index in [0.717, 1.165) is 37.0 Å². The maximum atomic E-state index is 12.3. The number of benzene rings is 2. The van der Waals surface area contributed by atoms with Crippen molar-refractivity contribution in [1.82, 2.24) is 14.7 Å². The van der Waals surface area contributed by atoms with E-state index in [1.807, 2.05) is 58.9 Å². The van der Waals surface area contributed by atoms with Crippen LogP contribution in [0, 0.1) is 6.92 Å². The first kappa shape index (κ1) is 32.4. The summed E-state index contributed by atoms with van der Waals surface area (Å²) in [7, 11) is 0. The minimum absolute atomic E-state index is 0.271. The Bertz CT molecular complexity index is 1210. The lowest BCUT2D eigenvalue weighted by Crippen LogP contribution is -2.50. The topological polar surface area (TPSA) is 91.8 Å². The molecule has 1 aliphatic heterocycles. The van der Waals surface area contributed by atoms with E-state index in [0.29, 0.717) is 54.3 Å². The lowest BCUT2D eigenvalue weighted by atomic mass is 10.1. The van der Waals surface area contributed by atoms with Gasteiger partial charge in [0.05, 0.1) is 10.9 Å². The second-order valence-corrected chi connectivity index (χ2v) is 12.2. The Morgan fingerprint density at radius 3 is 2.37 bits per heavy atom. The van der Waals surface area contributed by atoms with Crippen LogP contribution in [-0.4, -0.2) is 90.1 Å². The number of hydrogen-bond donors (Lipinski definition) is 0. The molecule has 1 atom stereocenters. The fraction of sp³-hybridized carbons (Fsp3) is 0.467. The van der Waals surface area contributed by atoms with Gasteiger partial charge < -0.3 is 19.2 Å². The summed E-state index contributed by atoms with van der Waals surface area (Å²) in [6.07, 6.45) is 1.29. The van der Waals surface area contributed by atoms with Crippen molar-refractivity contribution in [1.29, 1.82) is 0 Å². The van der Waals surface area contributed by atoms with Crippen LogP contribution in [0.25, 0.3) is 0 Å². The van der Waals surface area contributed by atoms with Gasteiger partial charge in [0.15, 0.2) is 5.17 Å². The molecule has 2 aromatic rings. The van der Waals surface area contributed by atoms with Gasteiger partial charge in [-0.05, 0) is 76.1 Å². The van der Waals surface area contributed by atoms with Crippen LogP contribution in [0.3, 0.4) is 0 Å². The number of piperazine rings is 1. The summed E-state index contributed by atoms with van der Waals surface area (Å²) < 4.78 is 11.4. The highest BCUT2D eigenvalue weighted by Crippen LogP contribution is 2.32. The zero-order chi connectivity index (χ0) is 30.0. The smallest absolute Gasteiger partial charge is 0.410 e. The van der Waals surface area contributed by atoms with E-state index in [2.05, 4.69) is 9.89 Å². The SMILES string of the molecule is CCN(C=O)C(=Nc1ccc(Cl)cc1C)SC(C=O)c1ccc(OCCN2CCN(C(=O)OC(C)(C)C)CC2)cc1. The monoisotopic (exact) mass is 602 g/mol. The minimum atomic E-state index is -0.564. The molecule has 1 heterocycles. The third kappa shape index (κ3) is 10.1. The van der Waals surface area contributed by atoms with Crippen molar-refractivity contribution in [2.45, 2.75) is 45.5 Å². The summed E-state index contributed by atoms with van der Waals surface area (Å²) in [4.78, 5) is 46.3. The zero-order valence-electron chi connectivity index (χ0n) is 24.3. The molecule has 0 aliphatic carbocycles.